The van der Waals surface area contributed by atoms with Crippen molar-refractivity contribution in [2.75, 3.05) is 24.7 Å². The summed E-state index contributed by atoms with van der Waals surface area (Å²) in [6.07, 6.45) is 1.97. The lowest BCUT2D eigenvalue weighted by Crippen LogP contribution is -2.48. The number of sulfonamides is 1. The molecule has 0 radical (unpaired) electrons. The Balaban J connectivity index is 1.73. The average molecular weight is 354 g/mol. The topological polar surface area (TPSA) is 95.9 Å². The molecule has 2 saturated heterocycles. The first-order valence-electron chi connectivity index (χ1n) is 8.16. The molecule has 2 atom stereocenters. The Hall–Kier alpha value is -1.48. The van der Waals surface area contributed by atoms with E-state index in [1.54, 1.807) is 17.0 Å². The number of carbonyl (C=O) groups is 1. The van der Waals surface area contributed by atoms with E-state index in [0.717, 1.165) is 12.8 Å². The second-order valence-electron chi connectivity index (χ2n) is 6.16. The fourth-order valence-electron chi connectivity index (χ4n) is 3.01. The summed E-state index contributed by atoms with van der Waals surface area (Å²) in [6.45, 7) is 1.21. The highest BCUT2D eigenvalue weighted by Gasteiger charge is 2.29. The summed E-state index contributed by atoms with van der Waals surface area (Å²) in [5, 5.41) is 9.83. The van der Waals surface area contributed by atoms with Crippen LogP contribution in [0, 0.1) is 0 Å². The SMILES string of the molecule is O=C1CCCCN1c1ccc(S(=O)(=O)N[C@@H]2CCOC[C@H]2O)cc1. The van der Waals surface area contributed by atoms with Crippen LogP contribution in [0.2, 0.25) is 0 Å². The first kappa shape index (κ1) is 17.3. The number of ether oxygens (including phenoxy) is 1. The van der Waals surface area contributed by atoms with Crippen molar-refractivity contribution in [2.45, 2.75) is 42.7 Å². The van der Waals surface area contributed by atoms with Gasteiger partial charge in [-0.1, -0.05) is 0 Å². The maximum atomic E-state index is 12.5. The van der Waals surface area contributed by atoms with Crippen LogP contribution in [-0.2, 0) is 19.6 Å². The highest BCUT2D eigenvalue weighted by Crippen LogP contribution is 2.23. The van der Waals surface area contributed by atoms with Crippen LogP contribution in [0.15, 0.2) is 29.2 Å². The van der Waals surface area contributed by atoms with E-state index in [9.17, 15) is 18.3 Å². The van der Waals surface area contributed by atoms with Crippen LogP contribution in [0.1, 0.15) is 25.7 Å². The molecule has 0 unspecified atom stereocenters. The van der Waals surface area contributed by atoms with Gasteiger partial charge in [-0.3, -0.25) is 4.79 Å². The smallest absolute Gasteiger partial charge is 0.240 e. The number of piperidine rings is 1. The van der Waals surface area contributed by atoms with Gasteiger partial charge in [-0.25, -0.2) is 13.1 Å². The Morgan fingerprint density at radius 1 is 1.21 bits per heavy atom. The van der Waals surface area contributed by atoms with E-state index in [0.29, 0.717) is 31.7 Å². The third-order valence-electron chi connectivity index (χ3n) is 4.41. The van der Waals surface area contributed by atoms with Crippen molar-refractivity contribution in [1.29, 1.82) is 0 Å². The van der Waals surface area contributed by atoms with Gasteiger partial charge in [0.15, 0.2) is 0 Å². The lowest BCUT2D eigenvalue weighted by atomic mass is 10.1. The monoisotopic (exact) mass is 354 g/mol. The Morgan fingerprint density at radius 2 is 1.96 bits per heavy atom. The predicted octanol–water partition coefficient (Wildman–Crippen LogP) is 0.632. The van der Waals surface area contributed by atoms with Crippen molar-refractivity contribution < 1.29 is 23.1 Å². The number of aliphatic hydroxyl groups is 1. The molecule has 0 bridgehead atoms. The number of nitrogens with one attached hydrogen (secondary N) is 1. The average Bonchev–Trinajstić information content (AvgIpc) is 2.57. The minimum absolute atomic E-state index is 0.0697. The summed E-state index contributed by atoms with van der Waals surface area (Å²) < 4.78 is 32.5. The van der Waals surface area contributed by atoms with Crippen LogP contribution in [0.3, 0.4) is 0 Å². The lowest BCUT2D eigenvalue weighted by Gasteiger charge is -2.28. The van der Waals surface area contributed by atoms with Gasteiger partial charge < -0.3 is 14.7 Å². The molecule has 2 fully saturated rings. The van der Waals surface area contributed by atoms with Crippen molar-refractivity contribution in [1.82, 2.24) is 4.72 Å². The van der Waals surface area contributed by atoms with Crippen molar-refractivity contribution in [3.05, 3.63) is 24.3 Å². The largest absolute Gasteiger partial charge is 0.389 e. The van der Waals surface area contributed by atoms with Crippen molar-refractivity contribution in [2.24, 2.45) is 0 Å². The number of nitrogens with zero attached hydrogens (tertiary/aromatic N) is 1. The standard InChI is InChI=1S/C16H22N2O5S/c19-15-11-23-10-8-14(15)17-24(21,22)13-6-4-12(5-7-13)18-9-2-1-3-16(18)20/h4-7,14-15,17,19H,1-3,8-11H2/t14-,15-/m1/s1. The summed E-state index contributed by atoms with van der Waals surface area (Å²) in [4.78, 5) is 13.7. The van der Waals surface area contributed by atoms with Crippen LogP contribution < -0.4 is 9.62 Å². The molecule has 0 aliphatic carbocycles. The van der Waals surface area contributed by atoms with Crippen LogP contribution in [0.4, 0.5) is 5.69 Å². The first-order chi connectivity index (χ1) is 11.5. The number of benzene rings is 1. The zero-order valence-electron chi connectivity index (χ0n) is 13.3. The van der Waals surface area contributed by atoms with E-state index >= 15 is 0 Å². The number of carbonyl (C=O) groups excluding carboxylic acids is 1. The number of hydrogen-bond acceptors (Lipinski definition) is 5. The first-order valence-corrected chi connectivity index (χ1v) is 9.64. The maximum absolute atomic E-state index is 12.5. The quantitative estimate of drug-likeness (QED) is 0.827. The fourth-order valence-corrected chi connectivity index (χ4v) is 4.32. The minimum Gasteiger partial charge on any atom is -0.389 e. The Kier molecular flexibility index (Phi) is 5.19. The molecule has 1 aromatic carbocycles. The zero-order valence-corrected chi connectivity index (χ0v) is 14.2. The minimum atomic E-state index is -3.72. The van der Waals surface area contributed by atoms with Crippen molar-refractivity contribution in [3.8, 4) is 0 Å². The third-order valence-corrected chi connectivity index (χ3v) is 5.92. The molecule has 0 spiro atoms. The van der Waals surface area contributed by atoms with Gasteiger partial charge in [0.05, 0.1) is 23.6 Å². The maximum Gasteiger partial charge on any atom is 0.240 e. The third kappa shape index (κ3) is 3.77. The van der Waals surface area contributed by atoms with Crippen molar-refractivity contribution >= 4 is 21.6 Å². The summed E-state index contributed by atoms with van der Waals surface area (Å²) in [7, 11) is -3.72. The highest BCUT2D eigenvalue weighted by atomic mass is 32.2. The second kappa shape index (κ2) is 7.18. The summed E-state index contributed by atoms with van der Waals surface area (Å²) in [6, 6.07) is 5.74. The number of anilines is 1. The molecule has 7 nitrogen and oxygen atoms in total. The molecule has 0 saturated carbocycles. The molecule has 24 heavy (non-hydrogen) atoms. The predicted molar refractivity (Wildman–Crippen MR) is 88.2 cm³/mol. The van der Waals surface area contributed by atoms with Crippen LogP contribution in [-0.4, -0.2) is 51.3 Å². The summed E-state index contributed by atoms with van der Waals surface area (Å²) in [5.74, 6) is 0.0697. The molecule has 132 valence electrons. The van der Waals surface area contributed by atoms with Gasteiger partial charge in [0.2, 0.25) is 15.9 Å². The molecular formula is C16H22N2O5S. The molecule has 2 heterocycles. The normalized spacial score (nSPS) is 25.7. The summed E-state index contributed by atoms with van der Waals surface area (Å²) in [5.41, 5.74) is 0.713. The van der Waals surface area contributed by atoms with E-state index in [1.165, 1.54) is 12.1 Å². The second-order valence-corrected chi connectivity index (χ2v) is 7.87. The molecule has 1 aromatic rings. The van der Waals surface area contributed by atoms with Gasteiger partial charge >= 0.3 is 0 Å². The van der Waals surface area contributed by atoms with E-state index < -0.39 is 22.2 Å². The lowest BCUT2D eigenvalue weighted by molar-refractivity contribution is -0.119. The fraction of sp³-hybridized carbons (Fsp3) is 0.562. The van der Waals surface area contributed by atoms with Gasteiger partial charge in [0.25, 0.3) is 0 Å². The van der Waals surface area contributed by atoms with Gasteiger partial charge in [-0.05, 0) is 43.5 Å². The van der Waals surface area contributed by atoms with E-state index in [1.807, 2.05) is 0 Å². The van der Waals surface area contributed by atoms with Crippen LogP contribution in [0.25, 0.3) is 0 Å². The molecule has 2 aliphatic rings. The van der Waals surface area contributed by atoms with Crippen LogP contribution >= 0.6 is 0 Å². The Labute approximate surface area is 141 Å². The number of aliphatic hydroxyl groups excluding tert-OH is 1. The van der Waals surface area contributed by atoms with Gasteiger partial charge in [0.1, 0.15) is 0 Å². The number of rotatable bonds is 4. The van der Waals surface area contributed by atoms with Gasteiger partial charge in [-0.15, -0.1) is 0 Å². The van der Waals surface area contributed by atoms with E-state index in [-0.39, 0.29) is 17.4 Å². The van der Waals surface area contributed by atoms with Gasteiger partial charge in [0, 0.05) is 25.3 Å². The molecule has 3 rings (SSSR count). The molecule has 1 amide bonds. The van der Waals surface area contributed by atoms with Crippen LogP contribution in [0.5, 0.6) is 0 Å². The van der Waals surface area contributed by atoms with Gasteiger partial charge in [-0.2, -0.15) is 0 Å². The van der Waals surface area contributed by atoms with Crippen molar-refractivity contribution in [3.63, 3.8) is 0 Å². The highest BCUT2D eigenvalue weighted by molar-refractivity contribution is 7.89. The molecule has 2 aliphatic heterocycles. The summed E-state index contributed by atoms with van der Waals surface area (Å²) >= 11 is 0. The molecular weight excluding hydrogens is 332 g/mol. The molecule has 2 N–H and O–H groups in total. The van der Waals surface area contributed by atoms with E-state index in [2.05, 4.69) is 4.72 Å². The van der Waals surface area contributed by atoms with E-state index in [4.69, 9.17) is 4.74 Å². The molecule has 8 heteroatoms. The zero-order chi connectivity index (χ0) is 17.2. The molecule has 0 aromatic heterocycles. The number of hydrogen-bond donors (Lipinski definition) is 2. The number of amides is 1. The Bertz CT molecular complexity index is 689. The Morgan fingerprint density at radius 3 is 2.62 bits per heavy atom.